The van der Waals surface area contributed by atoms with Crippen molar-refractivity contribution >= 4 is 17.5 Å². The van der Waals surface area contributed by atoms with Crippen molar-refractivity contribution in [3.63, 3.8) is 0 Å². The quantitative estimate of drug-likeness (QED) is 0.562. The number of hydrogen-bond donors (Lipinski definition) is 2. The van der Waals surface area contributed by atoms with Gasteiger partial charge in [0.1, 0.15) is 17.7 Å². The average molecular weight is 381 g/mol. The highest BCUT2D eigenvalue weighted by Gasteiger charge is 2.21. The number of amides is 2. The molecular weight excluding hydrogens is 367 g/mol. The Balaban J connectivity index is 2.11. The molecule has 0 unspecified atom stereocenters. The van der Waals surface area contributed by atoms with E-state index in [-0.39, 0.29) is 17.5 Å². The van der Waals surface area contributed by atoms with E-state index in [1.54, 1.807) is 0 Å². The topological polar surface area (TPSA) is 115 Å². The maximum atomic E-state index is 13.4. The fourth-order valence-electron chi connectivity index (χ4n) is 2.43. The molecule has 7 nitrogen and oxygen atoms in total. The SMILES string of the molecule is NC(=O)[C@@H](Cc1ccc(F)c([N+](=O)[O-])c1)NC(=O)Cc1cc(F)cc(F)c1. The molecule has 3 N–H and O–H groups in total. The fraction of sp³-hybridized carbons (Fsp3) is 0.176. The molecule has 0 heterocycles. The van der Waals surface area contributed by atoms with Gasteiger partial charge in [-0.3, -0.25) is 19.7 Å². The summed E-state index contributed by atoms with van der Waals surface area (Å²) in [5, 5.41) is 13.1. The average Bonchev–Trinajstić information content (AvgIpc) is 2.54. The Morgan fingerprint density at radius 1 is 1.07 bits per heavy atom. The van der Waals surface area contributed by atoms with Crippen LogP contribution in [0.25, 0.3) is 0 Å². The van der Waals surface area contributed by atoms with Crippen LogP contribution in [0.15, 0.2) is 36.4 Å². The number of carbonyl (C=O) groups excluding carboxylic acids is 2. The zero-order valence-corrected chi connectivity index (χ0v) is 13.7. The number of halogens is 3. The summed E-state index contributed by atoms with van der Waals surface area (Å²) in [6, 6.07) is 4.33. The summed E-state index contributed by atoms with van der Waals surface area (Å²) in [6.45, 7) is 0. The predicted molar refractivity (Wildman–Crippen MR) is 87.9 cm³/mol. The lowest BCUT2D eigenvalue weighted by Crippen LogP contribution is -2.46. The van der Waals surface area contributed by atoms with Crippen LogP contribution < -0.4 is 11.1 Å². The minimum Gasteiger partial charge on any atom is -0.368 e. The van der Waals surface area contributed by atoms with Gasteiger partial charge in [-0.25, -0.2) is 8.78 Å². The van der Waals surface area contributed by atoms with Gasteiger partial charge in [0.05, 0.1) is 11.3 Å². The molecule has 0 aromatic heterocycles. The van der Waals surface area contributed by atoms with Crippen molar-refractivity contribution in [2.24, 2.45) is 5.73 Å². The largest absolute Gasteiger partial charge is 0.368 e. The number of nitrogens with zero attached hydrogens (tertiary/aromatic N) is 1. The normalized spacial score (nSPS) is 11.7. The molecule has 2 aromatic carbocycles. The van der Waals surface area contributed by atoms with Crippen molar-refractivity contribution in [1.82, 2.24) is 5.32 Å². The van der Waals surface area contributed by atoms with Gasteiger partial charge in [0, 0.05) is 18.6 Å². The Labute approximate surface area is 151 Å². The third-order valence-electron chi connectivity index (χ3n) is 3.61. The smallest absolute Gasteiger partial charge is 0.305 e. The number of nitro benzene ring substituents is 1. The van der Waals surface area contributed by atoms with Crippen LogP contribution in [0.1, 0.15) is 11.1 Å². The maximum Gasteiger partial charge on any atom is 0.305 e. The maximum absolute atomic E-state index is 13.4. The van der Waals surface area contributed by atoms with Gasteiger partial charge >= 0.3 is 5.69 Å². The van der Waals surface area contributed by atoms with Crippen LogP contribution >= 0.6 is 0 Å². The molecule has 142 valence electrons. The predicted octanol–water partition coefficient (Wildman–Crippen LogP) is 1.77. The summed E-state index contributed by atoms with van der Waals surface area (Å²) in [5.41, 5.74) is 4.69. The summed E-state index contributed by atoms with van der Waals surface area (Å²) < 4.78 is 39.7. The van der Waals surface area contributed by atoms with Crippen LogP contribution in [0.4, 0.5) is 18.9 Å². The van der Waals surface area contributed by atoms with E-state index in [0.29, 0.717) is 6.07 Å². The van der Waals surface area contributed by atoms with Gasteiger partial charge < -0.3 is 11.1 Å². The number of carbonyl (C=O) groups is 2. The first-order valence-electron chi connectivity index (χ1n) is 7.62. The lowest BCUT2D eigenvalue weighted by molar-refractivity contribution is -0.387. The van der Waals surface area contributed by atoms with Crippen molar-refractivity contribution in [2.75, 3.05) is 0 Å². The van der Waals surface area contributed by atoms with Crippen LogP contribution in [0.2, 0.25) is 0 Å². The van der Waals surface area contributed by atoms with E-state index in [1.165, 1.54) is 6.07 Å². The number of nitrogens with one attached hydrogen (secondary N) is 1. The molecule has 2 aromatic rings. The number of benzene rings is 2. The van der Waals surface area contributed by atoms with E-state index in [9.17, 15) is 32.9 Å². The molecule has 0 aliphatic heterocycles. The molecule has 2 rings (SSSR count). The molecule has 0 spiro atoms. The van der Waals surface area contributed by atoms with Crippen LogP contribution in [0, 0.1) is 27.6 Å². The highest BCUT2D eigenvalue weighted by atomic mass is 19.1. The summed E-state index contributed by atoms with van der Waals surface area (Å²) in [6.07, 6.45) is -0.637. The molecule has 0 fully saturated rings. The second kappa shape index (κ2) is 8.30. The molecule has 10 heteroatoms. The zero-order chi connectivity index (χ0) is 20.1. The van der Waals surface area contributed by atoms with E-state index in [0.717, 1.165) is 24.3 Å². The van der Waals surface area contributed by atoms with E-state index in [1.807, 2.05) is 0 Å². The van der Waals surface area contributed by atoms with Gasteiger partial charge in [-0.05, 0) is 29.3 Å². The molecule has 2 amide bonds. The van der Waals surface area contributed by atoms with E-state index in [2.05, 4.69) is 5.32 Å². The summed E-state index contributed by atoms with van der Waals surface area (Å²) in [7, 11) is 0. The third kappa shape index (κ3) is 5.53. The molecule has 1 atom stereocenters. The minimum atomic E-state index is -1.25. The van der Waals surface area contributed by atoms with Crippen molar-refractivity contribution in [1.29, 1.82) is 0 Å². The number of primary amides is 1. The van der Waals surface area contributed by atoms with Crippen molar-refractivity contribution in [3.05, 3.63) is 75.1 Å². The Kier molecular flexibility index (Phi) is 6.11. The van der Waals surface area contributed by atoms with Crippen molar-refractivity contribution < 1.29 is 27.7 Å². The number of nitrogens with two attached hydrogens (primary N) is 1. The molecule has 27 heavy (non-hydrogen) atoms. The summed E-state index contributed by atoms with van der Waals surface area (Å²) in [4.78, 5) is 33.5. The molecule has 0 aliphatic carbocycles. The van der Waals surface area contributed by atoms with Crippen LogP contribution in [-0.2, 0) is 22.4 Å². The van der Waals surface area contributed by atoms with Gasteiger partial charge in [0.2, 0.25) is 17.6 Å². The monoisotopic (exact) mass is 381 g/mol. The lowest BCUT2D eigenvalue weighted by Gasteiger charge is -2.16. The van der Waals surface area contributed by atoms with Gasteiger partial charge in [0.25, 0.3) is 0 Å². The van der Waals surface area contributed by atoms with Crippen molar-refractivity contribution in [2.45, 2.75) is 18.9 Å². The third-order valence-corrected chi connectivity index (χ3v) is 3.61. The number of hydrogen-bond acceptors (Lipinski definition) is 4. The fourth-order valence-corrected chi connectivity index (χ4v) is 2.43. The highest BCUT2D eigenvalue weighted by Crippen LogP contribution is 2.19. The Hall–Kier alpha value is -3.43. The second-order valence-electron chi connectivity index (χ2n) is 5.72. The van der Waals surface area contributed by atoms with E-state index >= 15 is 0 Å². The van der Waals surface area contributed by atoms with Gasteiger partial charge in [-0.1, -0.05) is 6.07 Å². The minimum absolute atomic E-state index is 0.0469. The van der Waals surface area contributed by atoms with Crippen LogP contribution in [0.5, 0.6) is 0 Å². The molecule has 0 aliphatic rings. The molecule has 0 radical (unpaired) electrons. The molecule has 0 bridgehead atoms. The van der Waals surface area contributed by atoms with Crippen LogP contribution in [0.3, 0.4) is 0 Å². The summed E-state index contributed by atoms with van der Waals surface area (Å²) in [5.74, 6) is -4.43. The van der Waals surface area contributed by atoms with E-state index < -0.39 is 52.3 Å². The first kappa shape index (κ1) is 19.9. The lowest BCUT2D eigenvalue weighted by atomic mass is 10.0. The Morgan fingerprint density at radius 2 is 1.70 bits per heavy atom. The standard InChI is InChI=1S/C17H14F3N3O4/c18-11-3-10(4-12(19)8-11)7-16(24)22-14(17(21)25)5-9-1-2-13(20)15(6-9)23(26)27/h1-4,6,8,14H,5,7H2,(H2,21,25)(H,22,24)/t14-/m1/s1. The van der Waals surface area contributed by atoms with Gasteiger partial charge in [-0.2, -0.15) is 4.39 Å². The highest BCUT2D eigenvalue weighted by molar-refractivity contribution is 5.87. The zero-order valence-electron chi connectivity index (χ0n) is 13.7. The molecule has 0 saturated carbocycles. The molecule has 0 saturated heterocycles. The van der Waals surface area contributed by atoms with Crippen molar-refractivity contribution in [3.8, 4) is 0 Å². The van der Waals surface area contributed by atoms with E-state index in [4.69, 9.17) is 5.73 Å². The number of nitro groups is 1. The Bertz CT molecular complexity index is 885. The Morgan fingerprint density at radius 3 is 2.26 bits per heavy atom. The first-order chi connectivity index (χ1) is 12.7. The van der Waals surface area contributed by atoms with Gasteiger partial charge in [0.15, 0.2) is 0 Å². The van der Waals surface area contributed by atoms with Gasteiger partial charge in [-0.15, -0.1) is 0 Å². The summed E-state index contributed by atoms with van der Waals surface area (Å²) >= 11 is 0. The first-order valence-corrected chi connectivity index (χ1v) is 7.62. The second-order valence-corrected chi connectivity index (χ2v) is 5.72. The van der Waals surface area contributed by atoms with Crippen LogP contribution in [-0.4, -0.2) is 22.8 Å². The number of rotatable bonds is 7. The molecular formula is C17H14F3N3O4.